The van der Waals surface area contributed by atoms with Crippen LogP contribution in [-0.2, 0) is 10.2 Å². The molecule has 2 aromatic carbocycles. The van der Waals surface area contributed by atoms with Crippen molar-refractivity contribution in [2.24, 2.45) is 0 Å². The molecule has 0 saturated carbocycles. The molecule has 8 nitrogen and oxygen atoms in total. The second-order valence-electron chi connectivity index (χ2n) is 8.74. The molecule has 0 aliphatic carbocycles. The van der Waals surface area contributed by atoms with E-state index in [9.17, 15) is 14.0 Å². The summed E-state index contributed by atoms with van der Waals surface area (Å²) >= 11 is 0. The third kappa shape index (κ3) is 5.98. The Labute approximate surface area is 198 Å². The molecule has 0 saturated heterocycles. The smallest absolute Gasteiger partial charge is 0.315 e. The average Bonchev–Trinajstić information content (AvgIpc) is 3.22. The first-order valence-electron chi connectivity index (χ1n) is 10.8. The summed E-state index contributed by atoms with van der Waals surface area (Å²) < 4.78 is 14.9. The number of carbonyl (C=O) groups excluding carboxylic acids is 2. The van der Waals surface area contributed by atoms with Gasteiger partial charge in [-0.25, -0.2) is 13.9 Å². The van der Waals surface area contributed by atoms with Crippen LogP contribution in [0, 0.1) is 17.1 Å². The first kappa shape index (κ1) is 24.5. The van der Waals surface area contributed by atoms with Crippen LogP contribution in [0.4, 0.5) is 20.7 Å². The van der Waals surface area contributed by atoms with Crippen molar-refractivity contribution in [1.29, 1.82) is 5.26 Å². The highest BCUT2D eigenvalue weighted by Crippen LogP contribution is 2.26. The molecule has 3 rings (SSSR count). The van der Waals surface area contributed by atoms with E-state index in [-0.39, 0.29) is 17.8 Å². The van der Waals surface area contributed by atoms with Gasteiger partial charge in [-0.1, -0.05) is 26.8 Å². The highest BCUT2D eigenvalue weighted by atomic mass is 19.1. The number of hydrogen-bond donors (Lipinski definition) is 2. The Morgan fingerprint density at radius 3 is 2.44 bits per heavy atom. The molecule has 0 unspecified atom stereocenters. The fourth-order valence-corrected chi connectivity index (χ4v) is 3.17. The predicted molar refractivity (Wildman–Crippen MR) is 128 cm³/mol. The zero-order chi connectivity index (χ0) is 24.9. The van der Waals surface area contributed by atoms with E-state index >= 15 is 0 Å². The highest BCUT2D eigenvalue weighted by Gasteiger charge is 2.23. The molecule has 0 aliphatic rings. The molecule has 0 spiro atoms. The van der Waals surface area contributed by atoms with Gasteiger partial charge in [0, 0.05) is 23.7 Å². The van der Waals surface area contributed by atoms with E-state index in [0.29, 0.717) is 29.3 Å². The van der Waals surface area contributed by atoms with Crippen molar-refractivity contribution in [2.45, 2.75) is 33.1 Å². The topological polar surface area (TPSA) is 103 Å². The molecule has 34 heavy (non-hydrogen) atoms. The number of amides is 3. The van der Waals surface area contributed by atoms with Crippen molar-refractivity contribution in [3.63, 3.8) is 0 Å². The van der Waals surface area contributed by atoms with Gasteiger partial charge >= 0.3 is 6.03 Å². The Balaban J connectivity index is 1.77. The molecule has 0 aliphatic heterocycles. The van der Waals surface area contributed by atoms with Crippen LogP contribution in [0.2, 0.25) is 0 Å². The first-order chi connectivity index (χ1) is 16.1. The molecule has 0 radical (unpaired) electrons. The molecular weight excluding hydrogens is 435 g/mol. The van der Waals surface area contributed by atoms with Gasteiger partial charge in [0.05, 0.1) is 23.0 Å². The summed E-state index contributed by atoms with van der Waals surface area (Å²) in [4.78, 5) is 26.9. The second-order valence-corrected chi connectivity index (χ2v) is 8.74. The van der Waals surface area contributed by atoms with Gasteiger partial charge < -0.3 is 15.5 Å². The van der Waals surface area contributed by atoms with Crippen molar-refractivity contribution in [2.75, 3.05) is 23.7 Å². The van der Waals surface area contributed by atoms with E-state index in [0.717, 1.165) is 5.69 Å². The molecule has 1 aromatic heterocycles. The third-order valence-corrected chi connectivity index (χ3v) is 5.06. The summed E-state index contributed by atoms with van der Waals surface area (Å²) in [6, 6.07) is 15.7. The fraction of sp³-hybridized carbons (Fsp3) is 0.280. The molecule has 176 valence electrons. The summed E-state index contributed by atoms with van der Waals surface area (Å²) in [7, 11) is 0. The Hall–Kier alpha value is -4.19. The number of halogens is 1. The maximum atomic E-state index is 13.4. The van der Waals surface area contributed by atoms with Crippen LogP contribution in [0.5, 0.6) is 0 Å². The van der Waals surface area contributed by atoms with Crippen LogP contribution >= 0.6 is 0 Å². The molecule has 2 N–H and O–H groups in total. The van der Waals surface area contributed by atoms with Crippen LogP contribution in [0.25, 0.3) is 5.69 Å². The predicted octanol–water partition coefficient (Wildman–Crippen LogP) is 4.67. The minimum atomic E-state index is -0.463. The zero-order valence-corrected chi connectivity index (χ0v) is 19.6. The van der Waals surface area contributed by atoms with Crippen molar-refractivity contribution < 1.29 is 14.0 Å². The molecule has 0 bridgehead atoms. The molecular formula is C25H27FN6O2. The van der Waals surface area contributed by atoms with Crippen molar-refractivity contribution >= 4 is 23.4 Å². The fourth-order valence-electron chi connectivity index (χ4n) is 3.17. The van der Waals surface area contributed by atoms with Gasteiger partial charge in [-0.2, -0.15) is 10.4 Å². The summed E-state index contributed by atoms with van der Waals surface area (Å²) in [5.41, 5.74) is 1.94. The van der Waals surface area contributed by atoms with E-state index in [2.05, 4.69) is 15.7 Å². The lowest BCUT2D eigenvalue weighted by atomic mass is 9.92. The maximum Gasteiger partial charge on any atom is 0.322 e. The average molecular weight is 463 g/mol. The summed E-state index contributed by atoms with van der Waals surface area (Å²) in [5, 5.41) is 19.2. The number of benzene rings is 2. The van der Waals surface area contributed by atoms with Crippen molar-refractivity contribution in [1.82, 2.24) is 14.7 Å². The van der Waals surface area contributed by atoms with Crippen LogP contribution in [0.3, 0.4) is 0 Å². The zero-order valence-electron chi connectivity index (χ0n) is 19.6. The maximum absolute atomic E-state index is 13.4. The molecule has 3 amide bonds. The van der Waals surface area contributed by atoms with E-state index in [1.54, 1.807) is 54.1 Å². The Bertz CT molecular complexity index is 1220. The monoisotopic (exact) mass is 462 g/mol. The lowest BCUT2D eigenvalue weighted by molar-refractivity contribution is -0.116. The van der Waals surface area contributed by atoms with Gasteiger partial charge in [-0.05, 0) is 49.4 Å². The first-order valence-corrected chi connectivity index (χ1v) is 10.8. The van der Waals surface area contributed by atoms with Crippen LogP contribution in [0.15, 0.2) is 54.6 Å². The number of nitrogens with zero attached hydrogens (tertiary/aromatic N) is 4. The third-order valence-electron chi connectivity index (χ3n) is 5.06. The minimum absolute atomic E-state index is 0.195. The number of hydrogen-bond acceptors (Lipinski definition) is 4. The van der Waals surface area contributed by atoms with Gasteiger partial charge in [-0.3, -0.25) is 4.79 Å². The van der Waals surface area contributed by atoms with Crippen LogP contribution in [0.1, 0.15) is 39.0 Å². The Kier molecular flexibility index (Phi) is 7.31. The van der Waals surface area contributed by atoms with Gasteiger partial charge in [0.1, 0.15) is 18.2 Å². The number of rotatable bonds is 6. The SMILES string of the molecule is CCN(CC(=O)Nc1cc(C(C)(C)C)nn1-c1ccc(F)cc1)C(=O)Nc1cccc(C#N)c1. The molecule has 0 fully saturated rings. The standard InChI is InChI=1S/C25H27FN6O2/c1-5-31(24(34)28-19-8-6-7-17(13-19)15-27)16-23(33)29-22-14-21(25(2,3)4)30-32(22)20-11-9-18(26)10-12-20/h6-14H,5,16H2,1-4H3,(H,28,34)(H,29,33). The van der Waals surface area contributed by atoms with Crippen molar-refractivity contribution in [3.05, 3.63) is 71.7 Å². The second kappa shape index (κ2) is 10.2. The lowest BCUT2D eigenvalue weighted by Gasteiger charge is -2.21. The van der Waals surface area contributed by atoms with Gasteiger partial charge in [0.15, 0.2) is 0 Å². The van der Waals surface area contributed by atoms with Gasteiger partial charge in [-0.15, -0.1) is 0 Å². The summed E-state index contributed by atoms with van der Waals surface area (Å²) in [5.74, 6) is -0.367. The van der Waals surface area contributed by atoms with Crippen LogP contribution < -0.4 is 10.6 Å². The van der Waals surface area contributed by atoms with Gasteiger partial charge in [0.2, 0.25) is 5.91 Å². The number of likely N-dealkylation sites (N-methyl/N-ethyl adjacent to an activating group) is 1. The highest BCUT2D eigenvalue weighted by molar-refractivity contribution is 5.96. The Morgan fingerprint density at radius 1 is 1.12 bits per heavy atom. The van der Waals surface area contributed by atoms with E-state index < -0.39 is 11.9 Å². The summed E-state index contributed by atoms with van der Waals surface area (Å²) in [6.07, 6.45) is 0. The van der Waals surface area contributed by atoms with E-state index in [1.807, 2.05) is 26.8 Å². The normalized spacial score (nSPS) is 10.9. The number of nitriles is 1. The Morgan fingerprint density at radius 2 is 1.82 bits per heavy atom. The molecule has 0 atom stereocenters. The largest absolute Gasteiger partial charge is 0.322 e. The quantitative estimate of drug-likeness (QED) is 0.555. The summed E-state index contributed by atoms with van der Waals surface area (Å²) in [6.45, 7) is 7.86. The number of carbonyl (C=O) groups is 2. The van der Waals surface area contributed by atoms with E-state index in [4.69, 9.17) is 5.26 Å². The van der Waals surface area contributed by atoms with Crippen molar-refractivity contribution in [3.8, 4) is 11.8 Å². The van der Waals surface area contributed by atoms with E-state index in [1.165, 1.54) is 17.0 Å². The number of urea groups is 1. The number of nitrogens with one attached hydrogen (secondary N) is 2. The molecule has 9 heteroatoms. The molecule has 1 heterocycles. The number of aromatic nitrogens is 2. The lowest BCUT2D eigenvalue weighted by Crippen LogP contribution is -2.40. The molecule has 3 aromatic rings. The van der Waals surface area contributed by atoms with Gasteiger partial charge in [0.25, 0.3) is 0 Å². The number of anilines is 2. The minimum Gasteiger partial charge on any atom is -0.315 e. The van der Waals surface area contributed by atoms with Crippen LogP contribution in [-0.4, -0.2) is 39.7 Å².